The summed E-state index contributed by atoms with van der Waals surface area (Å²) in [5.74, 6) is 0. The minimum absolute atomic E-state index is 1.14. The van der Waals surface area contributed by atoms with E-state index in [-0.39, 0.29) is 0 Å². The Kier molecular flexibility index (Phi) is 9.73. The summed E-state index contributed by atoms with van der Waals surface area (Å²) in [5.41, 5.74) is 1.41. The summed E-state index contributed by atoms with van der Waals surface area (Å²) in [4.78, 5) is 0. The van der Waals surface area contributed by atoms with Crippen LogP contribution in [0, 0.1) is 0 Å². The van der Waals surface area contributed by atoms with Crippen LogP contribution in [0.15, 0.2) is 30.3 Å². The molecule has 0 radical (unpaired) electrons. The number of hydrogen-bond donors (Lipinski definition) is 0. The van der Waals surface area contributed by atoms with Gasteiger partial charge in [-0.2, -0.15) is 0 Å². The van der Waals surface area contributed by atoms with Crippen molar-refractivity contribution < 1.29 is 0 Å². The van der Waals surface area contributed by atoms with Gasteiger partial charge < -0.3 is 0 Å². The van der Waals surface area contributed by atoms with Crippen molar-refractivity contribution in [3.63, 3.8) is 0 Å². The minimum Gasteiger partial charge on any atom is -0.0654 e. The topological polar surface area (TPSA) is 0 Å². The molecular weight excluding hydrogens is 168 g/mol. The normalized spacial score (nSPS) is 9.07. The van der Waals surface area contributed by atoms with Gasteiger partial charge in [0, 0.05) is 0 Å². The van der Waals surface area contributed by atoms with Gasteiger partial charge in [0.15, 0.2) is 0 Å². The Morgan fingerprint density at radius 1 is 0.786 bits per heavy atom. The maximum atomic E-state index is 2.23. The van der Waals surface area contributed by atoms with Gasteiger partial charge in [0.1, 0.15) is 0 Å². The van der Waals surface area contributed by atoms with E-state index in [0.29, 0.717) is 0 Å². The Balaban J connectivity index is 0.000000255. The Morgan fingerprint density at radius 3 is 1.57 bits per heavy atom. The maximum Gasteiger partial charge on any atom is -0.0307 e. The molecule has 0 atom stereocenters. The predicted octanol–water partition coefficient (Wildman–Crippen LogP) is 4.84. The average Bonchev–Trinajstić information content (AvgIpc) is 2.28. The van der Waals surface area contributed by atoms with E-state index < -0.39 is 0 Å². The molecule has 1 aromatic rings. The van der Waals surface area contributed by atoms with E-state index in [0.717, 1.165) is 6.42 Å². The molecule has 0 bridgehead atoms. The number of unbranched alkanes of at least 4 members (excludes halogenated alkanes) is 3. The lowest BCUT2D eigenvalue weighted by atomic mass is 10.2. The minimum atomic E-state index is 1.14. The van der Waals surface area contributed by atoms with Gasteiger partial charge in [-0.15, -0.1) is 0 Å². The highest BCUT2D eigenvalue weighted by Gasteiger charge is 1.80. The van der Waals surface area contributed by atoms with Crippen molar-refractivity contribution in [1.82, 2.24) is 0 Å². The third-order valence-corrected chi connectivity index (χ3v) is 2.21. The molecule has 0 N–H and O–H groups in total. The van der Waals surface area contributed by atoms with Gasteiger partial charge in [0.05, 0.1) is 0 Å². The van der Waals surface area contributed by atoms with Crippen molar-refractivity contribution in [1.29, 1.82) is 0 Å². The molecule has 0 aliphatic heterocycles. The first-order valence-corrected chi connectivity index (χ1v) is 5.89. The first-order chi connectivity index (χ1) is 6.85. The fourth-order valence-electron chi connectivity index (χ4n) is 1.21. The van der Waals surface area contributed by atoms with Crippen LogP contribution in [0.1, 0.15) is 52.0 Å². The lowest BCUT2D eigenvalue weighted by Gasteiger charge is -1.89. The second kappa shape index (κ2) is 10.3. The van der Waals surface area contributed by atoms with Crippen LogP contribution in [-0.4, -0.2) is 0 Å². The largest absolute Gasteiger partial charge is 0.0654 e. The van der Waals surface area contributed by atoms with E-state index in [4.69, 9.17) is 0 Å². The summed E-state index contributed by atoms with van der Waals surface area (Å²) >= 11 is 0. The SMILES string of the molecule is CCCCCC.CCc1ccccc1. The van der Waals surface area contributed by atoms with Crippen LogP contribution in [0.2, 0.25) is 0 Å². The highest BCUT2D eigenvalue weighted by molar-refractivity contribution is 5.13. The molecule has 0 unspecified atom stereocenters. The van der Waals surface area contributed by atoms with E-state index in [9.17, 15) is 0 Å². The average molecular weight is 192 g/mol. The van der Waals surface area contributed by atoms with E-state index in [1.165, 1.54) is 31.2 Å². The molecule has 80 valence electrons. The fraction of sp³-hybridized carbons (Fsp3) is 0.571. The van der Waals surface area contributed by atoms with E-state index in [2.05, 4.69) is 45.0 Å². The molecule has 0 amide bonds. The second-order valence-electron chi connectivity index (χ2n) is 3.55. The third-order valence-electron chi connectivity index (χ3n) is 2.21. The molecule has 0 aliphatic rings. The van der Waals surface area contributed by atoms with Gasteiger partial charge >= 0.3 is 0 Å². The van der Waals surface area contributed by atoms with E-state index >= 15 is 0 Å². The van der Waals surface area contributed by atoms with Crippen molar-refractivity contribution in [2.45, 2.75) is 52.9 Å². The zero-order chi connectivity index (χ0) is 10.6. The summed E-state index contributed by atoms with van der Waals surface area (Å²) in [6.07, 6.45) is 6.68. The monoisotopic (exact) mass is 192 g/mol. The zero-order valence-corrected chi connectivity index (χ0v) is 9.92. The Hall–Kier alpha value is -0.780. The van der Waals surface area contributed by atoms with E-state index in [1.54, 1.807) is 0 Å². The van der Waals surface area contributed by atoms with Crippen molar-refractivity contribution in [2.75, 3.05) is 0 Å². The molecule has 0 fully saturated rings. The van der Waals surface area contributed by atoms with Crippen LogP contribution >= 0.6 is 0 Å². The molecule has 0 aromatic heterocycles. The van der Waals surface area contributed by atoms with Crippen molar-refractivity contribution >= 4 is 0 Å². The summed E-state index contributed by atoms with van der Waals surface area (Å²) in [6, 6.07) is 10.5. The number of benzene rings is 1. The van der Waals surface area contributed by atoms with Crippen LogP contribution < -0.4 is 0 Å². The molecule has 0 nitrogen and oxygen atoms in total. The van der Waals surface area contributed by atoms with Crippen molar-refractivity contribution in [3.05, 3.63) is 35.9 Å². The Morgan fingerprint density at radius 2 is 1.29 bits per heavy atom. The van der Waals surface area contributed by atoms with Crippen molar-refractivity contribution in [3.8, 4) is 0 Å². The van der Waals surface area contributed by atoms with Gasteiger partial charge in [0.2, 0.25) is 0 Å². The molecular formula is C14H24. The van der Waals surface area contributed by atoms with Gasteiger partial charge in [-0.3, -0.25) is 0 Å². The van der Waals surface area contributed by atoms with Crippen LogP contribution in [0.25, 0.3) is 0 Å². The summed E-state index contributed by atoms with van der Waals surface area (Å²) in [6.45, 7) is 6.63. The van der Waals surface area contributed by atoms with E-state index in [1.807, 2.05) is 6.07 Å². The summed E-state index contributed by atoms with van der Waals surface area (Å²) in [7, 11) is 0. The quantitative estimate of drug-likeness (QED) is 0.599. The molecule has 0 heteroatoms. The summed E-state index contributed by atoms with van der Waals surface area (Å²) in [5, 5.41) is 0. The van der Waals surface area contributed by atoms with Crippen molar-refractivity contribution in [2.24, 2.45) is 0 Å². The summed E-state index contributed by atoms with van der Waals surface area (Å²) < 4.78 is 0. The first kappa shape index (κ1) is 13.2. The predicted molar refractivity (Wildman–Crippen MR) is 65.6 cm³/mol. The number of hydrogen-bond acceptors (Lipinski definition) is 0. The molecule has 14 heavy (non-hydrogen) atoms. The smallest absolute Gasteiger partial charge is 0.0307 e. The number of aryl methyl sites for hydroxylation is 1. The van der Waals surface area contributed by atoms with Crippen LogP contribution in [0.5, 0.6) is 0 Å². The maximum absolute atomic E-state index is 2.23. The van der Waals surface area contributed by atoms with Crippen LogP contribution in [-0.2, 0) is 6.42 Å². The fourth-order valence-corrected chi connectivity index (χ4v) is 1.21. The van der Waals surface area contributed by atoms with Gasteiger partial charge in [-0.1, -0.05) is 76.8 Å². The lowest BCUT2D eigenvalue weighted by Crippen LogP contribution is -1.73. The van der Waals surface area contributed by atoms with Gasteiger partial charge in [-0.25, -0.2) is 0 Å². The van der Waals surface area contributed by atoms with Gasteiger partial charge in [-0.05, 0) is 12.0 Å². The molecule has 0 aliphatic carbocycles. The zero-order valence-electron chi connectivity index (χ0n) is 9.92. The molecule has 1 rings (SSSR count). The molecule has 0 saturated carbocycles. The molecule has 0 spiro atoms. The highest BCUT2D eigenvalue weighted by Crippen LogP contribution is 1.97. The van der Waals surface area contributed by atoms with Crippen LogP contribution in [0.4, 0.5) is 0 Å². The molecule has 0 heterocycles. The Bertz CT molecular complexity index is 184. The third kappa shape index (κ3) is 7.85. The molecule has 0 saturated heterocycles. The highest BCUT2D eigenvalue weighted by atomic mass is 13.9. The van der Waals surface area contributed by atoms with Gasteiger partial charge in [0.25, 0.3) is 0 Å². The second-order valence-corrected chi connectivity index (χ2v) is 3.55. The molecule has 1 aromatic carbocycles. The lowest BCUT2D eigenvalue weighted by molar-refractivity contribution is 0.702. The van der Waals surface area contributed by atoms with Crippen LogP contribution in [0.3, 0.4) is 0 Å². The standard InChI is InChI=1S/C8H10.C6H14/c1-2-8-6-4-3-5-7-8;1-3-5-6-4-2/h3-7H,2H2,1H3;3-6H2,1-2H3. The number of rotatable bonds is 4. The Labute approximate surface area is 89.4 Å². The first-order valence-electron chi connectivity index (χ1n) is 5.89.